The summed E-state index contributed by atoms with van der Waals surface area (Å²) in [5.41, 5.74) is -2.34. The van der Waals surface area contributed by atoms with Gasteiger partial charge in [-0.05, 0) is 12.5 Å². The summed E-state index contributed by atoms with van der Waals surface area (Å²) in [5.74, 6) is -1.15. The fraction of sp³-hybridized carbons (Fsp3) is 0.500. The zero-order valence-electron chi connectivity index (χ0n) is 13.2. The van der Waals surface area contributed by atoms with E-state index in [0.717, 1.165) is 10.3 Å². The van der Waals surface area contributed by atoms with Gasteiger partial charge in [-0.25, -0.2) is 4.98 Å². The summed E-state index contributed by atoms with van der Waals surface area (Å²) < 4.78 is 41.0. The minimum Gasteiger partial charge on any atom is -0.374 e. The maximum absolute atomic E-state index is 13.3. The molecular weight excluding hydrogens is 327 g/mol. The Kier molecular flexibility index (Phi) is 4.97. The lowest BCUT2D eigenvalue weighted by atomic mass is 9.97. The number of carbonyl (C=O) groups is 1. The van der Waals surface area contributed by atoms with E-state index in [1.54, 1.807) is 0 Å². The molecule has 0 saturated carbocycles. The van der Waals surface area contributed by atoms with E-state index in [1.165, 1.54) is 25.5 Å². The zero-order valence-corrected chi connectivity index (χ0v) is 13.2. The number of alkyl halides is 3. The van der Waals surface area contributed by atoms with E-state index < -0.39 is 36.5 Å². The quantitative estimate of drug-likeness (QED) is 0.735. The van der Waals surface area contributed by atoms with Gasteiger partial charge in [0.25, 0.3) is 5.91 Å². The van der Waals surface area contributed by atoms with Crippen molar-refractivity contribution in [2.75, 3.05) is 6.54 Å². The third-order valence-corrected chi connectivity index (χ3v) is 3.68. The Bertz CT molecular complexity index is 709. The average molecular weight is 345 g/mol. The van der Waals surface area contributed by atoms with Crippen LogP contribution in [0.4, 0.5) is 13.2 Å². The first-order valence-corrected chi connectivity index (χ1v) is 7.28. The van der Waals surface area contributed by atoms with E-state index in [1.807, 2.05) is 6.92 Å². The van der Waals surface area contributed by atoms with E-state index in [4.69, 9.17) is 0 Å². The Balaban J connectivity index is 2.07. The van der Waals surface area contributed by atoms with Crippen LogP contribution in [0.3, 0.4) is 0 Å². The maximum Gasteiger partial charge on any atom is 0.424 e. The summed E-state index contributed by atoms with van der Waals surface area (Å²) >= 11 is 0. The van der Waals surface area contributed by atoms with Gasteiger partial charge in [-0.15, -0.1) is 0 Å². The predicted octanol–water partition coefficient (Wildman–Crippen LogP) is 1.28. The number of halogens is 3. The maximum atomic E-state index is 13.3. The molecule has 2 rings (SSSR count). The van der Waals surface area contributed by atoms with E-state index in [0.29, 0.717) is 6.42 Å². The van der Waals surface area contributed by atoms with Crippen molar-refractivity contribution in [3.8, 4) is 0 Å². The van der Waals surface area contributed by atoms with Crippen LogP contribution in [-0.4, -0.2) is 43.5 Å². The summed E-state index contributed by atoms with van der Waals surface area (Å²) in [6.45, 7) is 1.47. The first-order chi connectivity index (χ1) is 11.2. The molecule has 1 atom stereocenters. The molecule has 132 valence electrons. The van der Waals surface area contributed by atoms with Crippen molar-refractivity contribution >= 4 is 5.91 Å². The fourth-order valence-electron chi connectivity index (χ4n) is 2.25. The normalized spacial score (nSPS) is 14.4. The molecule has 2 aromatic heterocycles. The van der Waals surface area contributed by atoms with Gasteiger partial charge >= 0.3 is 6.18 Å². The summed E-state index contributed by atoms with van der Waals surface area (Å²) in [6, 6.07) is 1.52. The van der Waals surface area contributed by atoms with Crippen LogP contribution in [0, 0.1) is 0 Å². The number of aryl methyl sites for hydroxylation is 2. The third-order valence-electron chi connectivity index (χ3n) is 3.68. The number of amides is 1. The number of aliphatic hydroxyl groups is 1. The van der Waals surface area contributed by atoms with Crippen molar-refractivity contribution in [2.24, 2.45) is 7.05 Å². The highest BCUT2D eigenvalue weighted by molar-refractivity contribution is 5.92. The Morgan fingerprint density at radius 2 is 2.17 bits per heavy atom. The predicted molar refractivity (Wildman–Crippen MR) is 78.1 cm³/mol. The molecule has 0 bridgehead atoms. The van der Waals surface area contributed by atoms with Gasteiger partial charge < -0.3 is 15.0 Å². The number of imidazole rings is 1. The number of hydrogen-bond donors (Lipinski definition) is 3. The molecule has 0 aliphatic heterocycles. The first-order valence-electron chi connectivity index (χ1n) is 7.28. The molecule has 0 aromatic carbocycles. The molecule has 2 heterocycles. The molecule has 24 heavy (non-hydrogen) atoms. The molecule has 3 N–H and O–H groups in total. The van der Waals surface area contributed by atoms with Crippen molar-refractivity contribution in [3.05, 3.63) is 35.7 Å². The van der Waals surface area contributed by atoms with Crippen molar-refractivity contribution < 1.29 is 23.1 Å². The molecule has 1 unspecified atom stereocenters. The topological polar surface area (TPSA) is 95.8 Å². The number of aromatic amines is 1. The smallest absolute Gasteiger partial charge is 0.374 e. The number of aromatic nitrogens is 4. The minimum absolute atomic E-state index is 0.0828. The lowest BCUT2D eigenvalue weighted by molar-refractivity contribution is -0.272. The number of nitrogens with one attached hydrogen (secondary N) is 2. The molecule has 0 aliphatic rings. The van der Waals surface area contributed by atoms with Gasteiger partial charge in [0, 0.05) is 38.1 Å². The number of carbonyl (C=O) groups excluding carboxylic acids is 1. The van der Waals surface area contributed by atoms with E-state index >= 15 is 0 Å². The molecule has 7 nitrogen and oxygen atoms in total. The first kappa shape index (κ1) is 18.0. The number of rotatable bonds is 6. The summed E-state index contributed by atoms with van der Waals surface area (Å²) in [7, 11) is 1.35. The molecule has 10 heteroatoms. The molecule has 0 saturated heterocycles. The van der Waals surface area contributed by atoms with Crippen LogP contribution in [-0.2, 0) is 19.1 Å². The molecule has 0 fully saturated rings. The minimum atomic E-state index is -4.93. The number of H-pyrrole nitrogens is 1. The van der Waals surface area contributed by atoms with Crippen molar-refractivity contribution in [2.45, 2.75) is 31.5 Å². The molecule has 2 aromatic rings. The van der Waals surface area contributed by atoms with Crippen molar-refractivity contribution in [1.82, 2.24) is 25.1 Å². The molecule has 0 radical (unpaired) electrons. The van der Waals surface area contributed by atoms with E-state index in [-0.39, 0.29) is 5.69 Å². The average Bonchev–Trinajstić information content (AvgIpc) is 3.14. The van der Waals surface area contributed by atoms with Crippen LogP contribution < -0.4 is 5.32 Å². The van der Waals surface area contributed by atoms with Gasteiger partial charge in [0.2, 0.25) is 5.60 Å². The lowest BCUT2D eigenvalue weighted by Gasteiger charge is -2.29. The van der Waals surface area contributed by atoms with Crippen LogP contribution >= 0.6 is 0 Å². The van der Waals surface area contributed by atoms with Gasteiger partial charge in [0.1, 0.15) is 11.5 Å². The van der Waals surface area contributed by atoms with Gasteiger partial charge in [0.15, 0.2) is 0 Å². The Hall–Kier alpha value is -2.36. The van der Waals surface area contributed by atoms with E-state index in [2.05, 4.69) is 20.5 Å². The molecule has 1 amide bonds. The SMILES string of the molecule is CCc1cc(C(=O)NCCC(O)(c2nccn2C)C(F)(F)F)n[nH]1. The number of hydrogen-bond acceptors (Lipinski definition) is 4. The second-order valence-electron chi connectivity index (χ2n) is 5.36. The van der Waals surface area contributed by atoms with Crippen LogP contribution in [0.5, 0.6) is 0 Å². The van der Waals surface area contributed by atoms with Gasteiger partial charge in [-0.3, -0.25) is 9.89 Å². The second-order valence-corrected chi connectivity index (χ2v) is 5.36. The summed E-state index contributed by atoms with van der Waals surface area (Å²) in [4.78, 5) is 15.5. The van der Waals surface area contributed by atoms with Gasteiger partial charge in [0.05, 0.1) is 0 Å². The summed E-state index contributed by atoms with van der Waals surface area (Å²) in [6.07, 6.45) is -2.58. The highest BCUT2D eigenvalue weighted by atomic mass is 19.4. The standard InChI is InChI=1S/C14H18F3N5O2/c1-3-9-8-10(21-20-9)11(23)18-5-4-13(24,14(15,16)17)12-19-6-7-22(12)2/h6-8,24H,3-5H2,1-2H3,(H,18,23)(H,20,21). The van der Waals surface area contributed by atoms with Crippen LogP contribution in [0.25, 0.3) is 0 Å². The van der Waals surface area contributed by atoms with Crippen LogP contribution in [0.1, 0.15) is 35.4 Å². The third kappa shape index (κ3) is 3.42. The number of nitrogens with zero attached hydrogens (tertiary/aromatic N) is 3. The largest absolute Gasteiger partial charge is 0.424 e. The van der Waals surface area contributed by atoms with E-state index in [9.17, 15) is 23.1 Å². The molecule has 0 aliphatic carbocycles. The Morgan fingerprint density at radius 3 is 2.67 bits per heavy atom. The lowest BCUT2D eigenvalue weighted by Crippen LogP contribution is -2.46. The van der Waals surface area contributed by atoms with Crippen molar-refractivity contribution in [1.29, 1.82) is 0 Å². The Morgan fingerprint density at radius 1 is 1.46 bits per heavy atom. The summed E-state index contributed by atoms with van der Waals surface area (Å²) in [5, 5.41) is 18.9. The Labute approximate surface area is 135 Å². The molecular formula is C14H18F3N5O2. The monoisotopic (exact) mass is 345 g/mol. The van der Waals surface area contributed by atoms with Crippen molar-refractivity contribution in [3.63, 3.8) is 0 Å². The zero-order chi connectivity index (χ0) is 18.0. The second kappa shape index (κ2) is 6.63. The van der Waals surface area contributed by atoms with Crippen LogP contribution in [0.15, 0.2) is 18.5 Å². The molecule has 0 spiro atoms. The highest BCUT2D eigenvalue weighted by Crippen LogP contribution is 2.40. The van der Waals surface area contributed by atoms with Crippen LogP contribution in [0.2, 0.25) is 0 Å². The highest BCUT2D eigenvalue weighted by Gasteiger charge is 2.57. The fourth-order valence-corrected chi connectivity index (χ4v) is 2.25. The van der Waals surface area contributed by atoms with Gasteiger partial charge in [-0.1, -0.05) is 6.92 Å². The van der Waals surface area contributed by atoms with Gasteiger partial charge in [-0.2, -0.15) is 18.3 Å².